The summed E-state index contributed by atoms with van der Waals surface area (Å²) in [5, 5.41) is 8.12. The van der Waals surface area contributed by atoms with E-state index < -0.39 is 16.1 Å². The topological polar surface area (TPSA) is 109 Å². The van der Waals surface area contributed by atoms with Crippen molar-refractivity contribution in [2.45, 2.75) is 44.4 Å². The molecule has 10 nitrogen and oxygen atoms in total. The molecule has 1 amide bonds. The quantitative estimate of drug-likeness (QED) is 0.616. The molecule has 1 aliphatic rings. The van der Waals surface area contributed by atoms with E-state index in [9.17, 15) is 13.2 Å². The number of amides is 1. The van der Waals surface area contributed by atoms with Crippen LogP contribution in [0.3, 0.4) is 0 Å². The predicted molar refractivity (Wildman–Crippen MR) is 94.4 cm³/mol. The number of unbranched alkanes of at least 4 members (excludes halogenated alkanes) is 1. The molecular formula is C16H23N5O5S. The number of methoxy groups -OCH3 is 1. The first kappa shape index (κ1) is 19.4. The SMILES string of the molecule is CCCCOC(=O)N1Cc2cn(S(=O)(=O)c3ccn(CCOC)n3)nc2C1. The molecule has 0 unspecified atom stereocenters. The minimum absolute atomic E-state index is 0.0874. The summed E-state index contributed by atoms with van der Waals surface area (Å²) < 4.78 is 38.0. The van der Waals surface area contributed by atoms with Crippen LogP contribution in [0, 0.1) is 0 Å². The average molecular weight is 397 g/mol. The van der Waals surface area contributed by atoms with Gasteiger partial charge in [-0.15, -0.1) is 0 Å². The van der Waals surface area contributed by atoms with Crippen LogP contribution in [0.1, 0.15) is 31.0 Å². The lowest BCUT2D eigenvalue weighted by Crippen LogP contribution is -2.27. The number of carbonyl (C=O) groups is 1. The molecule has 27 heavy (non-hydrogen) atoms. The van der Waals surface area contributed by atoms with E-state index in [1.54, 1.807) is 13.3 Å². The van der Waals surface area contributed by atoms with Crippen LogP contribution in [-0.2, 0) is 39.1 Å². The minimum atomic E-state index is -3.88. The van der Waals surface area contributed by atoms with Gasteiger partial charge in [0, 0.05) is 25.1 Å². The summed E-state index contributed by atoms with van der Waals surface area (Å²) in [5.41, 5.74) is 1.23. The molecule has 0 atom stereocenters. The van der Waals surface area contributed by atoms with E-state index in [0.717, 1.165) is 16.9 Å². The van der Waals surface area contributed by atoms with Crippen molar-refractivity contribution in [2.24, 2.45) is 0 Å². The van der Waals surface area contributed by atoms with E-state index in [0.29, 0.717) is 31.0 Å². The van der Waals surface area contributed by atoms with Crippen molar-refractivity contribution in [2.75, 3.05) is 20.3 Å². The smallest absolute Gasteiger partial charge is 0.410 e. The number of hydrogen-bond donors (Lipinski definition) is 0. The molecular weight excluding hydrogens is 374 g/mol. The molecule has 0 N–H and O–H groups in total. The van der Waals surface area contributed by atoms with Crippen LogP contribution in [0.15, 0.2) is 23.5 Å². The maximum absolute atomic E-state index is 12.7. The van der Waals surface area contributed by atoms with Crippen molar-refractivity contribution in [1.29, 1.82) is 0 Å². The third-order valence-electron chi connectivity index (χ3n) is 4.19. The standard InChI is InChI=1S/C16H23N5O5S/c1-3-4-8-26-16(22)19-10-13-11-21(17-14(13)12-19)27(23,24)15-5-6-20(18-15)7-9-25-2/h5-6,11H,3-4,7-10,12H2,1-2H3. The van der Waals surface area contributed by atoms with Gasteiger partial charge in [0.05, 0.1) is 38.5 Å². The molecule has 2 aromatic heterocycles. The highest BCUT2D eigenvalue weighted by atomic mass is 32.2. The van der Waals surface area contributed by atoms with E-state index in [-0.39, 0.29) is 18.1 Å². The first-order valence-corrected chi connectivity index (χ1v) is 10.2. The van der Waals surface area contributed by atoms with Crippen molar-refractivity contribution < 1.29 is 22.7 Å². The molecule has 0 aliphatic carbocycles. The fourth-order valence-corrected chi connectivity index (χ4v) is 3.77. The van der Waals surface area contributed by atoms with Gasteiger partial charge in [0.2, 0.25) is 0 Å². The predicted octanol–water partition coefficient (Wildman–Crippen LogP) is 1.22. The Morgan fingerprint density at radius 1 is 1.26 bits per heavy atom. The molecule has 0 bridgehead atoms. The molecule has 2 aromatic rings. The van der Waals surface area contributed by atoms with Gasteiger partial charge < -0.3 is 9.47 Å². The highest BCUT2D eigenvalue weighted by Crippen LogP contribution is 2.24. The third kappa shape index (κ3) is 4.14. The van der Waals surface area contributed by atoms with Crippen molar-refractivity contribution in [1.82, 2.24) is 23.9 Å². The molecule has 0 aromatic carbocycles. The molecule has 3 rings (SSSR count). The molecule has 0 fully saturated rings. The van der Waals surface area contributed by atoms with Gasteiger partial charge >= 0.3 is 16.1 Å². The lowest BCUT2D eigenvalue weighted by Gasteiger charge is -2.15. The lowest BCUT2D eigenvalue weighted by molar-refractivity contribution is 0.0999. The average Bonchev–Trinajstić information content (AvgIpc) is 3.34. The number of fused-ring (bicyclic) bond motifs is 1. The Kier molecular flexibility index (Phi) is 5.80. The number of nitrogens with zero attached hydrogens (tertiary/aromatic N) is 5. The first-order valence-electron chi connectivity index (χ1n) is 8.72. The van der Waals surface area contributed by atoms with Crippen LogP contribution in [0.25, 0.3) is 0 Å². The van der Waals surface area contributed by atoms with E-state index in [1.165, 1.54) is 21.8 Å². The monoisotopic (exact) mass is 397 g/mol. The first-order chi connectivity index (χ1) is 13.0. The van der Waals surface area contributed by atoms with Crippen molar-refractivity contribution >= 4 is 16.1 Å². The van der Waals surface area contributed by atoms with E-state index in [1.807, 2.05) is 6.92 Å². The summed E-state index contributed by atoms with van der Waals surface area (Å²) >= 11 is 0. The highest BCUT2D eigenvalue weighted by Gasteiger charge is 2.30. The zero-order valence-corrected chi connectivity index (χ0v) is 16.2. The number of hydrogen-bond acceptors (Lipinski definition) is 7. The van der Waals surface area contributed by atoms with Crippen molar-refractivity contribution in [3.63, 3.8) is 0 Å². The summed E-state index contributed by atoms with van der Waals surface area (Å²) in [4.78, 5) is 13.5. The maximum atomic E-state index is 12.7. The van der Waals surface area contributed by atoms with Gasteiger partial charge in [-0.1, -0.05) is 13.3 Å². The Labute approximate surface area is 157 Å². The number of rotatable bonds is 8. The Balaban J connectivity index is 1.68. The summed E-state index contributed by atoms with van der Waals surface area (Å²) in [6, 6.07) is 1.43. The summed E-state index contributed by atoms with van der Waals surface area (Å²) in [7, 11) is -2.31. The Morgan fingerprint density at radius 2 is 2.07 bits per heavy atom. The van der Waals surface area contributed by atoms with Crippen molar-refractivity contribution in [3.05, 3.63) is 29.7 Å². The van der Waals surface area contributed by atoms with E-state index >= 15 is 0 Å². The molecule has 11 heteroatoms. The molecule has 0 spiro atoms. The fourth-order valence-electron chi connectivity index (χ4n) is 2.66. The number of ether oxygens (including phenoxy) is 2. The summed E-state index contributed by atoms with van der Waals surface area (Å²) in [5.74, 6) is 0. The molecule has 0 saturated heterocycles. The Hall–Kier alpha value is -2.40. The summed E-state index contributed by atoms with van der Waals surface area (Å²) in [6.07, 6.45) is 4.36. The van der Waals surface area contributed by atoms with Crippen molar-refractivity contribution in [3.8, 4) is 0 Å². The van der Waals surface area contributed by atoms with Crippen LogP contribution >= 0.6 is 0 Å². The largest absolute Gasteiger partial charge is 0.449 e. The molecule has 3 heterocycles. The lowest BCUT2D eigenvalue weighted by atomic mass is 10.3. The van der Waals surface area contributed by atoms with Gasteiger partial charge in [-0.05, 0) is 12.5 Å². The van der Waals surface area contributed by atoms with Gasteiger partial charge in [-0.2, -0.15) is 22.7 Å². The Bertz CT molecular complexity index is 881. The minimum Gasteiger partial charge on any atom is -0.449 e. The molecule has 0 saturated carbocycles. The second-order valence-electron chi connectivity index (χ2n) is 6.21. The van der Waals surface area contributed by atoms with E-state index in [2.05, 4.69) is 10.2 Å². The van der Waals surface area contributed by atoms with Gasteiger partial charge in [0.25, 0.3) is 0 Å². The molecule has 148 valence electrons. The van der Waals surface area contributed by atoms with Crippen LogP contribution in [-0.4, -0.2) is 58.7 Å². The van der Waals surface area contributed by atoms with Crippen LogP contribution in [0.4, 0.5) is 4.79 Å². The zero-order valence-electron chi connectivity index (χ0n) is 15.4. The van der Waals surface area contributed by atoms with Gasteiger partial charge in [0.15, 0.2) is 5.03 Å². The Morgan fingerprint density at radius 3 is 2.78 bits per heavy atom. The highest BCUT2D eigenvalue weighted by molar-refractivity contribution is 7.89. The van der Waals surface area contributed by atoms with E-state index in [4.69, 9.17) is 9.47 Å². The fraction of sp³-hybridized carbons (Fsp3) is 0.562. The second kappa shape index (κ2) is 8.09. The third-order valence-corrected chi connectivity index (χ3v) is 5.62. The maximum Gasteiger partial charge on any atom is 0.410 e. The van der Waals surface area contributed by atoms with Crippen LogP contribution < -0.4 is 0 Å². The summed E-state index contributed by atoms with van der Waals surface area (Å²) in [6.45, 7) is 3.79. The van der Waals surface area contributed by atoms with Crippen LogP contribution in [0.5, 0.6) is 0 Å². The van der Waals surface area contributed by atoms with Crippen LogP contribution in [0.2, 0.25) is 0 Å². The second-order valence-corrected chi connectivity index (χ2v) is 7.95. The molecule has 1 aliphatic heterocycles. The number of carbonyl (C=O) groups excluding carboxylic acids is 1. The normalized spacial score (nSPS) is 13.8. The molecule has 0 radical (unpaired) electrons. The zero-order chi connectivity index (χ0) is 19.4. The van der Waals surface area contributed by atoms with Gasteiger partial charge in [-0.3, -0.25) is 9.58 Å². The number of aromatic nitrogens is 4. The van der Waals surface area contributed by atoms with Gasteiger partial charge in [0.1, 0.15) is 0 Å². The van der Waals surface area contributed by atoms with Gasteiger partial charge in [-0.25, -0.2) is 4.79 Å².